The molecular formula is C25H25N3O6. The van der Waals surface area contributed by atoms with Gasteiger partial charge in [-0.05, 0) is 24.5 Å². The number of fused-ring (bicyclic) bond motifs is 1. The van der Waals surface area contributed by atoms with E-state index in [1.54, 1.807) is 22.8 Å². The number of quaternary nitrogens is 1. The van der Waals surface area contributed by atoms with Crippen molar-refractivity contribution in [1.82, 2.24) is 4.57 Å². The highest BCUT2D eigenvalue weighted by molar-refractivity contribution is 5.92. The van der Waals surface area contributed by atoms with Gasteiger partial charge in [0.05, 0.1) is 18.6 Å². The summed E-state index contributed by atoms with van der Waals surface area (Å²) in [5.74, 6) is -1.51. The Bertz CT molecular complexity index is 1300. The molecule has 0 radical (unpaired) electrons. The third-order valence-corrected chi connectivity index (χ3v) is 5.93. The van der Waals surface area contributed by atoms with Crippen molar-refractivity contribution in [1.29, 1.82) is 0 Å². The van der Waals surface area contributed by atoms with Crippen LogP contribution >= 0.6 is 0 Å². The Morgan fingerprint density at radius 1 is 1.21 bits per heavy atom. The van der Waals surface area contributed by atoms with E-state index in [0.717, 1.165) is 5.56 Å². The van der Waals surface area contributed by atoms with E-state index in [9.17, 15) is 20.0 Å². The molecule has 0 saturated heterocycles. The number of nitrogens with zero attached hydrogens (tertiary/aromatic N) is 1. The van der Waals surface area contributed by atoms with Gasteiger partial charge in [0, 0.05) is 30.4 Å². The number of ether oxygens (including phenoxy) is 2. The Morgan fingerprint density at radius 3 is 2.50 bits per heavy atom. The quantitative estimate of drug-likeness (QED) is 0.374. The lowest BCUT2D eigenvalue weighted by atomic mass is 9.83. The summed E-state index contributed by atoms with van der Waals surface area (Å²) in [5.41, 5.74) is 8.41. The standard InChI is InChI=1S/C25H25N3O6/c1-15-14-19-21(24(29)27(15)13-12-16-6-4-3-5-7-16)20(22(23(26)34-19)25(30)33-2)17-8-10-18(11-9-17)28(31)32/h3-11,14,20,28,31H,12-13,26H2,1-2H3/t20-/m1/s1. The zero-order chi connectivity index (χ0) is 24.4. The number of carbonyl (C=O) groups is 1. The fourth-order valence-electron chi connectivity index (χ4n) is 4.21. The van der Waals surface area contributed by atoms with E-state index in [4.69, 9.17) is 15.2 Å². The van der Waals surface area contributed by atoms with Gasteiger partial charge in [-0.3, -0.25) is 4.79 Å². The summed E-state index contributed by atoms with van der Waals surface area (Å²) in [6.07, 6.45) is 0.640. The van der Waals surface area contributed by atoms with E-state index in [0.29, 0.717) is 24.2 Å². The number of pyridine rings is 1. The number of nitrogens with two attached hydrogens (primary N) is 1. The minimum atomic E-state index is -1.08. The van der Waals surface area contributed by atoms with Gasteiger partial charge in [-0.15, -0.1) is 0 Å². The van der Waals surface area contributed by atoms with Gasteiger partial charge in [0.15, 0.2) is 5.69 Å². The average Bonchev–Trinajstić information content (AvgIpc) is 2.83. The fraction of sp³-hybridized carbons (Fsp3) is 0.200. The molecule has 1 aliphatic rings. The van der Waals surface area contributed by atoms with Gasteiger partial charge in [-0.2, -0.15) is 5.23 Å². The summed E-state index contributed by atoms with van der Waals surface area (Å²) >= 11 is 0. The maximum Gasteiger partial charge on any atom is 0.340 e. The van der Waals surface area contributed by atoms with Crippen molar-refractivity contribution in [3.63, 3.8) is 0 Å². The lowest BCUT2D eigenvalue weighted by Gasteiger charge is -2.29. The Hall–Kier alpha value is -3.92. The summed E-state index contributed by atoms with van der Waals surface area (Å²) in [6.45, 7) is 2.24. The lowest BCUT2D eigenvalue weighted by molar-refractivity contribution is -0.991. The number of hydrogen-bond acceptors (Lipinski definition) is 7. The molecule has 3 aromatic rings. The molecule has 0 spiro atoms. The zero-order valence-corrected chi connectivity index (χ0v) is 18.8. The maximum atomic E-state index is 13.8. The molecule has 9 heteroatoms. The van der Waals surface area contributed by atoms with Gasteiger partial charge < -0.3 is 25.0 Å². The SMILES string of the molecule is COC(=O)C1=C(N)Oc2cc(C)n(CCc3ccccc3)c(=O)c2[C@H]1c1ccc([NH+]([O-])O)cc1. The van der Waals surface area contributed by atoms with Crippen LogP contribution in [0, 0.1) is 12.1 Å². The minimum absolute atomic E-state index is 0.00589. The largest absolute Gasteiger partial charge is 0.595 e. The van der Waals surface area contributed by atoms with Crippen LogP contribution in [0.3, 0.4) is 0 Å². The number of benzene rings is 2. The summed E-state index contributed by atoms with van der Waals surface area (Å²) in [7, 11) is 1.22. The molecule has 2 atom stereocenters. The number of aryl methyl sites for hydroxylation is 2. The summed E-state index contributed by atoms with van der Waals surface area (Å²) in [5, 5.41) is 19.5. The molecule has 0 aliphatic carbocycles. The van der Waals surface area contributed by atoms with Crippen LogP contribution in [-0.4, -0.2) is 22.9 Å². The number of nitrogens with one attached hydrogen (secondary N) is 1. The highest BCUT2D eigenvalue weighted by Crippen LogP contribution is 2.41. The molecule has 34 heavy (non-hydrogen) atoms. The van der Waals surface area contributed by atoms with Gasteiger partial charge in [0.1, 0.15) is 11.3 Å². The predicted molar refractivity (Wildman–Crippen MR) is 124 cm³/mol. The van der Waals surface area contributed by atoms with E-state index < -0.39 is 17.1 Å². The van der Waals surface area contributed by atoms with Crippen LogP contribution in [-0.2, 0) is 22.5 Å². The van der Waals surface area contributed by atoms with E-state index in [2.05, 4.69) is 0 Å². The first kappa shape index (κ1) is 23.2. The van der Waals surface area contributed by atoms with Crippen molar-refractivity contribution >= 4 is 11.7 Å². The third-order valence-electron chi connectivity index (χ3n) is 5.93. The fourth-order valence-corrected chi connectivity index (χ4v) is 4.21. The van der Waals surface area contributed by atoms with Crippen LogP contribution in [0.5, 0.6) is 5.75 Å². The molecular weight excluding hydrogens is 438 g/mol. The van der Waals surface area contributed by atoms with Crippen molar-refractivity contribution in [2.75, 3.05) is 7.11 Å². The highest BCUT2D eigenvalue weighted by atomic mass is 16.8. The van der Waals surface area contributed by atoms with Crippen LogP contribution in [0.2, 0.25) is 0 Å². The predicted octanol–water partition coefficient (Wildman–Crippen LogP) is 1.67. The third kappa shape index (κ3) is 4.32. The van der Waals surface area contributed by atoms with Gasteiger partial charge >= 0.3 is 5.97 Å². The number of methoxy groups -OCH3 is 1. The van der Waals surface area contributed by atoms with E-state index in [-0.39, 0.29) is 34.0 Å². The Morgan fingerprint density at radius 2 is 1.88 bits per heavy atom. The average molecular weight is 463 g/mol. The van der Waals surface area contributed by atoms with Crippen LogP contribution < -0.4 is 21.3 Å². The molecule has 1 aromatic heterocycles. The van der Waals surface area contributed by atoms with Gasteiger partial charge in [-0.1, -0.05) is 42.5 Å². The van der Waals surface area contributed by atoms with Crippen molar-refractivity contribution in [3.8, 4) is 5.75 Å². The monoisotopic (exact) mass is 463 g/mol. The molecule has 4 N–H and O–H groups in total. The van der Waals surface area contributed by atoms with Crippen LogP contribution in [0.25, 0.3) is 0 Å². The Kier molecular flexibility index (Phi) is 6.51. The second-order valence-corrected chi connectivity index (χ2v) is 7.99. The first-order chi connectivity index (χ1) is 16.3. The maximum absolute atomic E-state index is 13.8. The second-order valence-electron chi connectivity index (χ2n) is 7.99. The molecule has 0 bridgehead atoms. The molecule has 0 fully saturated rings. The number of rotatable bonds is 6. The van der Waals surface area contributed by atoms with Gasteiger partial charge in [0.25, 0.3) is 5.56 Å². The summed E-state index contributed by atoms with van der Waals surface area (Å²) in [4.78, 5) is 26.4. The molecule has 1 unspecified atom stereocenters. The summed E-state index contributed by atoms with van der Waals surface area (Å²) in [6, 6.07) is 17.5. The number of hydrogen-bond donors (Lipinski definition) is 3. The van der Waals surface area contributed by atoms with Crippen molar-refractivity contribution in [2.45, 2.75) is 25.8 Å². The van der Waals surface area contributed by atoms with E-state index in [1.807, 2.05) is 37.3 Å². The van der Waals surface area contributed by atoms with E-state index in [1.165, 1.54) is 19.2 Å². The molecule has 4 rings (SSSR count). The second kappa shape index (κ2) is 9.52. The van der Waals surface area contributed by atoms with Crippen LogP contribution in [0.15, 0.2) is 76.9 Å². The van der Waals surface area contributed by atoms with Crippen molar-refractivity contribution in [2.24, 2.45) is 5.73 Å². The van der Waals surface area contributed by atoms with Gasteiger partial charge in [-0.25, -0.2) is 10.0 Å². The Labute approximate surface area is 195 Å². The molecule has 0 saturated carbocycles. The first-order valence-electron chi connectivity index (χ1n) is 10.7. The zero-order valence-electron chi connectivity index (χ0n) is 18.8. The Balaban J connectivity index is 1.85. The molecule has 176 valence electrons. The normalized spacial score (nSPS) is 15.9. The van der Waals surface area contributed by atoms with E-state index >= 15 is 0 Å². The minimum Gasteiger partial charge on any atom is -0.595 e. The smallest absolute Gasteiger partial charge is 0.340 e. The number of aromatic nitrogens is 1. The number of esters is 1. The molecule has 9 nitrogen and oxygen atoms in total. The molecule has 2 heterocycles. The molecule has 2 aromatic carbocycles. The lowest BCUT2D eigenvalue weighted by Crippen LogP contribution is -2.99. The summed E-state index contributed by atoms with van der Waals surface area (Å²) < 4.78 is 12.3. The van der Waals surface area contributed by atoms with Crippen molar-refractivity contribution in [3.05, 3.63) is 110 Å². The molecule has 0 amide bonds. The van der Waals surface area contributed by atoms with Crippen LogP contribution in [0.1, 0.15) is 28.3 Å². The van der Waals surface area contributed by atoms with Crippen LogP contribution in [0.4, 0.5) is 5.69 Å². The van der Waals surface area contributed by atoms with Crippen molar-refractivity contribution < 1.29 is 24.7 Å². The van der Waals surface area contributed by atoms with Gasteiger partial charge in [0.2, 0.25) is 5.88 Å². The first-order valence-corrected chi connectivity index (χ1v) is 10.7. The topological polar surface area (TPSA) is 131 Å². The highest BCUT2D eigenvalue weighted by Gasteiger charge is 2.38. The number of carbonyl (C=O) groups excluding carboxylic acids is 1. The molecule has 1 aliphatic heterocycles.